The highest BCUT2D eigenvalue weighted by atomic mass is 16.7. The number of nitrogens with zero attached hydrogens (tertiary/aromatic N) is 1. The van der Waals surface area contributed by atoms with E-state index in [-0.39, 0.29) is 18.0 Å². The second-order valence-corrected chi connectivity index (χ2v) is 15.8. The topological polar surface area (TPSA) is 65.1 Å². The van der Waals surface area contributed by atoms with E-state index < -0.39 is 6.16 Å². The van der Waals surface area contributed by atoms with Crippen molar-refractivity contribution in [1.29, 1.82) is 0 Å². The van der Waals surface area contributed by atoms with Crippen LogP contribution in [0.5, 0.6) is 0 Å². The van der Waals surface area contributed by atoms with Gasteiger partial charge in [0.15, 0.2) is 0 Å². The van der Waals surface area contributed by atoms with Gasteiger partial charge in [0.2, 0.25) is 0 Å². The molecule has 0 spiro atoms. The number of carbonyl (C=O) groups excluding carboxylic acids is 2. The number of unbranched alkanes of at least 4 members (excludes halogenated alkanes) is 21. The molecule has 0 aromatic rings. The van der Waals surface area contributed by atoms with Gasteiger partial charge in [-0.15, -0.1) is 0 Å². The highest BCUT2D eigenvalue weighted by Gasteiger charge is 2.19. The van der Waals surface area contributed by atoms with E-state index in [1.807, 2.05) is 0 Å². The molecule has 0 heterocycles. The number of hydrogen-bond donors (Lipinski definition) is 0. The summed E-state index contributed by atoms with van der Waals surface area (Å²) in [6, 6.07) is 0. The van der Waals surface area contributed by atoms with Crippen LogP contribution in [0.3, 0.4) is 0 Å². The van der Waals surface area contributed by atoms with Crippen LogP contribution in [0.1, 0.15) is 240 Å². The first-order valence-electron chi connectivity index (χ1n) is 23.2. The Hall–Kier alpha value is -1.30. The van der Waals surface area contributed by atoms with Gasteiger partial charge in [-0.25, -0.2) is 4.79 Å². The molecule has 0 aromatic heterocycles. The molecule has 0 radical (unpaired) electrons. The van der Waals surface area contributed by atoms with Crippen LogP contribution in [0.2, 0.25) is 0 Å². The minimum atomic E-state index is -0.466. The molecule has 2 unspecified atom stereocenters. The SMILES string of the molecule is CCCCCCCCC(CCCCCC)C(=O)OCCCCCCN(CCC)CCCCCCOC(=O)OC(CCCCCC)CCCCCCC. The minimum Gasteiger partial charge on any atom is -0.465 e. The van der Waals surface area contributed by atoms with E-state index in [0.29, 0.717) is 13.2 Å². The summed E-state index contributed by atoms with van der Waals surface area (Å²) < 4.78 is 17.1. The Bertz CT molecular complexity index is 746. The zero-order chi connectivity index (χ0) is 38.2. The van der Waals surface area contributed by atoms with Gasteiger partial charge in [0.1, 0.15) is 6.10 Å². The summed E-state index contributed by atoms with van der Waals surface area (Å²) in [6.07, 6.45) is 37.1. The number of ether oxygens (including phenoxy) is 3. The van der Waals surface area contributed by atoms with E-state index >= 15 is 0 Å². The van der Waals surface area contributed by atoms with Crippen molar-refractivity contribution in [2.75, 3.05) is 32.8 Å². The third-order valence-corrected chi connectivity index (χ3v) is 10.7. The van der Waals surface area contributed by atoms with Crippen LogP contribution in [0.4, 0.5) is 4.79 Å². The molecule has 6 nitrogen and oxygen atoms in total. The molecule has 0 saturated heterocycles. The Balaban J connectivity index is 4.15. The van der Waals surface area contributed by atoms with Crippen molar-refractivity contribution in [3.8, 4) is 0 Å². The molecule has 310 valence electrons. The van der Waals surface area contributed by atoms with Crippen molar-refractivity contribution in [2.24, 2.45) is 5.92 Å². The molecule has 52 heavy (non-hydrogen) atoms. The summed E-state index contributed by atoms with van der Waals surface area (Å²) in [6.45, 7) is 15.7. The van der Waals surface area contributed by atoms with E-state index in [1.165, 1.54) is 128 Å². The maximum Gasteiger partial charge on any atom is 0.508 e. The minimum absolute atomic E-state index is 0.00951. The van der Waals surface area contributed by atoms with Gasteiger partial charge in [0, 0.05) is 0 Å². The quantitative estimate of drug-likeness (QED) is 0.0460. The fraction of sp³-hybridized carbons (Fsp3) is 0.957. The lowest BCUT2D eigenvalue weighted by atomic mass is 9.94. The molecule has 0 fully saturated rings. The first-order chi connectivity index (χ1) is 25.5. The largest absolute Gasteiger partial charge is 0.508 e. The second-order valence-electron chi connectivity index (χ2n) is 15.8. The van der Waals surface area contributed by atoms with Gasteiger partial charge in [-0.1, -0.05) is 169 Å². The highest BCUT2D eigenvalue weighted by molar-refractivity contribution is 5.72. The fourth-order valence-electron chi connectivity index (χ4n) is 7.26. The summed E-state index contributed by atoms with van der Waals surface area (Å²) in [5, 5.41) is 0. The lowest BCUT2D eigenvalue weighted by Crippen LogP contribution is -2.27. The van der Waals surface area contributed by atoms with Gasteiger partial charge in [-0.3, -0.25) is 4.79 Å². The number of esters is 1. The van der Waals surface area contributed by atoms with Gasteiger partial charge >= 0.3 is 12.1 Å². The number of hydrogen-bond acceptors (Lipinski definition) is 6. The average molecular weight is 738 g/mol. The van der Waals surface area contributed by atoms with Crippen molar-refractivity contribution < 1.29 is 23.8 Å². The predicted molar refractivity (Wildman–Crippen MR) is 223 cm³/mol. The average Bonchev–Trinajstić information content (AvgIpc) is 3.14. The summed E-state index contributed by atoms with van der Waals surface area (Å²) in [4.78, 5) is 28.0. The van der Waals surface area contributed by atoms with Crippen LogP contribution in [0.25, 0.3) is 0 Å². The fourth-order valence-corrected chi connectivity index (χ4v) is 7.26. The highest BCUT2D eigenvalue weighted by Crippen LogP contribution is 2.21. The van der Waals surface area contributed by atoms with Gasteiger partial charge in [-0.05, 0) is 90.3 Å². The Labute approximate surface area is 325 Å². The molecule has 0 aliphatic carbocycles. The molecule has 2 atom stereocenters. The van der Waals surface area contributed by atoms with Crippen LogP contribution in [-0.2, 0) is 19.0 Å². The van der Waals surface area contributed by atoms with Gasteiger partial charge in [0.05, 0.1) is 19.1 Å². The summed E-state index contributed by atoms with van der Waals surface area (Å²) in [5.74, 6) is 0.169. The monoisotopic (exact) mass is 738 g/mol. The first-order valence-corrected chi connectivity index (χ1v) is 23.2. The van der Waals surface area contributed by atoms with Crippen LogP contribution in [0.15, 0.2) is 0 Å². The van der Waals surface area contributed by atoms with Crippen LogP contribution < -0.4 is 0 Å². The molecule has 0 aliphatic heterocycles. The Morgan fingerprint density at radius 3 is 1.27 bits per heavy atom. The van der Waals surface area contributed by atoms with Gasteiger partial charge < -0.3 is 19.1 Å². The lowest BCUT2D eigenvalue weighted by Gasteiger charge is -2.21. The van der Waals surface area contributed by atoms with Gasteiger partial charge in [0.25, 0.3) is 0 Å². The smallest absolute Gasteiger partial charge is 0.465 e. The third-order valence-electron chi connectivity index (χ3n) is 10.7. The first kappa shape index (κ1) is 50.7. The zero-order valence-electron chi connectivity index (χ0n) is 35.8. The molecule has 6 heteroatoms. The molecule has 0 bridgehead atoms. The molecule has 0 rings (SSSR count). The van der Waals surface area contributed by atoms with Gasteiger partial charge in [-0.2, -0.15) is 0 Å². The maximum atomic E-state index is 12.9. The van der Waals surface area contributed by atoms with E-state index in [2.05, 4.69) is 39.5 Å². The normalized spacial score (nSPS) is 12.7. The van der Waals surface area contributed by atoms with E-state index in [0.717, 1.165) is 96.7 Å². The predicted octanol–water partition coefficient (Wildman–Crippen LogP) is 14.6. The molecular formula is C46H91NO5. The molecule has 0 amide bonds. The number of carbonyl (C=O) groups is 2. The van der Waals surface area contributed by atoms with Crippen LogP contribution in [-0.4, -0.2) is 56.0 Å². The zero-order valence-corrected chi connectivity index (χ0v) is 35.8. The lowest BCUT2D eigenvalue weighted by molar-refractivity contribution is -0.149. The Kier molecular flexibility index (Phi) is 39.9. The summed E-state index contributed by atoms with van der Waals surface area (Å²) in [5.41, 5.74) is 0. The molecule has 0 aliphatic rings. The summed E-state index contributed by atoms with van der Waals surface area (Å²) in [7, 11) is 0. The third kappa shape index (κ3) is 34.5. The van der Waals surface area contributed by atoms with Crippen molar-refractivity contribution in [2.45, 2.75) is 246 Å². The Morgan fingerprint density at radius 1 is 0.404 bits per heavy atom. The Morgan fingerprint density at radius 2 is 0.788 bits per heavy atom. The second kappa shape index (κ2) is 40.9. The van der Waals surface area contributed by atoms with E-state index in [1.54, 1.807) is 0 Å². The van der Waals surface area contributed by atoms with Crippen molar-refractivity contribution >= 4 is 12.1 Å². The standard InChI is InChI=1S/C46H91NO5/c1-6-11-15-19-21-27-35-43(34-26-17-13-8-3)45(48)50-41-32-24-22-30-39-47(38-10-5)40-31-23-25-33-42-51-46(49)52-44(36-28-18-14-9-4)37-29-20-16-12-7-2/h43-44H,6-42H2,1-5H3. The van der Waals surface area contributed by atoms with Crippen LogP contribution in [0, 0.1) is 5.92 Å². The van der Waals surface area contributed by atoms with Crippen molar-refractivity contribution in [3.05, 3.63) is 0 Å². The molecule has 0 aromatic carbocycles. The number of rotatable bonds is 41. The van der Waals surface area contributed by atoms with Crippen molar-refractivity contribution in [3.63, 3.8) is 0 Å². The van der Waals surface area contributed by atoms with E-state index in [9.17, 15) is 9.59 Å². The van der Waals surface area contributed by atoms with Crippen molar-refractivity contribution in [1.82, 2.24) is 4.90 Å². The molecule has 0 N–H and O–H groups in total. The van der Waals surface area contributed by atoms with E-state index in [4.69, 9.17) is 14.2 Å². The van der Waals surface area contributed by atoms with Crippen LogP contribution >= 0.6 is 0 Å². The molecule has 0 saturated carbocycles. The molecular weight excluding hydrogens is 647 g/mol. The summed E-state index contributed by atoms with van der Waals surface area (Å²) >= 11 is 0. The maximum absolute atomic E-state index is 12.9.